The lowest BCUT2D eigenvalue weighted by Gasteiger charge is -2.48. The number of carbonyl (C=O) groups is 1. The summed E-state index contributed by atoms with van der Waals surface area (Å²) >= 11 is 3.44. The van der Waals surface area contributed by atoms with Gasteiger partial charge in [-0.1, -0.05) is 20.4 Å². The van der Waals surface area contributed by atoms with Gasteiger partial charge in [-0.05, 0) is 44.4 Å². The first-order chi connectivity index (χ1) is 12.8. The molecular formula is C20H30N4OS2. The Balaban J connectivity index is 2.41. The van der Waals surface area contributed by atoms with Crippen molar-refractivity contribution in [3.05, 3.63) is 30.6 Å². The molecule has 1 aromatic rings. The number of amides is 1. The van der Waals surface area contributed by atoms with Crippen LogP contribution in [0.4, 0.5) is 5.69 Å². The number of nitrogens with zero attached hydrogens (tertiary/aromatic N) is 4. The highest BCUT2D eigenvalue weighted by Crippen LogP contribution is 2.36. The zero-order valence-electron chi connectivity index (χ0n) is 17.2. The predicted molar refractivity (Wildman–Crippen MR) is 118 cm³/mol. The van der Waals surface area contributed by atoms with Gasteiger partial charge in [-0.25, -0.2) is 4.99 Å². The molecular weight excluding hydrogens is 376 g/mol. The fourth-order valence-electron chi connectivity index (χ4n) is 3.35. The van der Waals surface area contributed by atoms with Crippen molar-refractivity contribution < 1.29 is 4.79 Å². The largest absolute Gasteiger partial charge is 0.342 e. The third-order valence-corrected chi connectivity index (χ3v) is 6.92. The van der Waals surface area contributed by atoms with E-state index in [9.17, 15) is 4.79 Å². The Morgan fingerprint density at radius 2 is 2.11 bits per heavy atom. The van der Waals surface area contributed by atoms with Gasteiger partial charge < -0.3 is 9.80 Å². The number of aromatic nitrogens is 1. The van der Waals surface area contributed by atoms with Crippen LogP contribution in [0.5, 0.6) is 0 Å². The van der Waals surface area contributed by atoms with E-state index < -0.39 is 0 Å². The molecule has 1 fully saturated rings. The van der Waals surface area contributed by atoms with Crippen molar-refractivity contribution in [3.63, 3.8) is 0 Å². The lowest BCUT2D eigenvalue weighted by Crippen LogP contribution is -2.61. The van der Waals surface area contributed by atoms with Crippen LogP contribution < -0.4 is 0 Å². The van der Waals surface area contributed by atoms with Gasteiger partial charge in [0.1, 0.15) is 16.4 Å². The third kappa shape index (κ3) is 4.69. The zero-order valence-corrected chi connectivity index (χ0v) is 18.8. The summed E-state index contributed by atoms with van der Waals surface area (Å²) in [5.74, 6) is 1.25. The maximum absolute atomic E-state index is 12.1. The minimum atomic E-state index is -0.232. The van der Waals surface area contributed by atoms with Crippen molar-refractivity contribution >= 4 is 41.0 Å². The fourth-order valence-corrected chi connectivity index (χ4v) is 4.61. The molecule has 1 unspecified atom stereocenters. The van der Waals surface area contributed by atoms with Crippen molar-refractivity contribution in [2.24, 2.45) is 4.99 Å². The van der Waals surface area contributed by atoms with Crippen molar-refractivity contribution in [1.82, 2.24) is 14.8 Å². The Hall–Kier alpha value is -1.47. The molecule has 1 atom stereocenters. The predicted octanol–water partition coefficient (Wildman–Crippen LogP) is 4.39. The Morgan fingerprint density at radius 1 is 1.41 bits per heavy atom. The average Bonchev–Trinajstić information content (AvgIpc) is 2.66. The van der Waals surface area contributed by atoms with Gasteiger partial charge >= 0.3 is 0 Å². The molecule has 0 bridgehead atoms. The molecule has 1 saturated heterocycles. The highest BCUT2D eigenvalue weighted by atomic mass is 32.2. The second-order valence-corrected chi connectivity index (χ2v) is 9.19. The lowest BCUT2D eigenvalue weighted by molar-refractivity contribution is -0.128. The van der Waals surface area contributed by atoms with E-state index in [2.05, 4.69) is 56.7 Å². The van der Waals surface area contributed by atoms with E-state index in [1.807, 2.05) is 17.2 Å². The van der Waals surface area contributed by atoms with Gasteiger partial charge in [0.2, 0.25) is 5.91 Å². The molecule has 1 aliphatic rings. The first-order valence-electron chi connectivity index (χ1n) is 9.09. The standard InChI is InChI=1S/C20H30N4OS2/c1-8-17(25)23-11-12-24(20(5,13-23)27-7)15(4)22-19-16(26-6)9-10-21-18(19)14(2)3/h8-10,14H,1,11-13H2,2-7H3/b22-15+. The highest BCUT2D eigenvalue weighted by Gasteiger charge is 2.39. The molecule has 0 aromatic carbocycles. The quantitative estimate of drug-likeness (QED) is 0.314. The van der Waals surface area contributed by atoms with Crippen LogP contribution in [0.1, 0.15) is 39.3 Å². The van der Waals surface area contributed by atoms with Crippen LogP contribution in [0.25, 0.3) is 0 Å². The van der Waals surface area contributed by atoms with Crippen LogP contribution >= 0.6 is 23.5 Å². The molecule has 0 aliphatic carbocycles. The number of amidine groups is 1. The number of hydrogen-bond donors (Lipinski definition) is 0. The smallest absolute Gasteiger partial charge is 0.246 e. The average molecular weight is 407 g/mol. The molecule has 2 heterocycles. The van der Waals surface area contributed by atoms with Crippen LogP contribution in [-0.4, -0.2) is 63.5 Å². The highest BCUT2D eigenvalue weighted by molar-refractivity contribution is 8.00. The van der Waals surface area contributed by atoms with E-state index in [1.54, 1.807) is 23.5 Å². The lowest BCUT2D eigenvalue weighted by atomic mass is 10.1. The number of carbonyl (C=O) groups excluding carboxylic acids is 1. The first-order valence-corrected chi connectivity index (χ1v) is 11.5. The van der Waals surface area contributed by atoms with Gasteiger partial charge in [0.05, 0.1) is 12.2 Å². The summed E-state index contributed by atoms with van der Waals surface area (Å²) in [6.45, 7) is 14.2. The molecule has 5 nitrogen and oxygen atoms in total. The normalized spacial score (nSPS) is 20.9. The van der Waals surface area contributed by atoms with Gasteiger partial charge in [-0.3, -0.25) is 9.78 Å². The third-order valence-electron chi connectivity index (χ3n) is 4.92. The summed E-state index contributed by atoms with van der Waals surface area (Å²) in [6.07, 6.45) is 7.41. The van der Waals surface area contributed by atoms with Crippen LogP contribution in [0.3, 0.4) is 0 Å². The van der Waals surface area contributed by atoms with E-state index in [4.69, 9.17) is 4.99 Å². The van der Waals surface area contributed by atoms with E-state index in [-0.39, 0.29) is 10.8 Å². The Kier molecular flexibility index (Phi) is 7.40. The number of thioether (sulfide) groups is 2. The van der Waals surface area contributed by atoms with Crippen LogP contribution in [-0.2, 0) is 4.79 Å². The van der Waals surface area contributed by atoms with Crippen molar-refractivity contribution in [3.8, 4) is 0 Å². The molecule has 0 N–H and O–H groups in total. The number of aliphatic imine (C=N–C) groups is 1. The number of piperazine rings is 1. The van der Waals surface area contributed by atoms with E-state index in [1.165, 1.54) is 6.08 Å². The van der Waals surface area contributed by atoms with Gasteiger partial charge in [-0.2, -0.15) is 0 Å². The van der Waals surface area contributed by atoms with Gasteiger partial charge in [0, 0.05) is 24.2 Å². The maximum Gasteiger partial charge on any atom is 0.246 e. The van der Waals surface area contributed by atoms with Crippen molar-refractivity contribution in [2.45, 2.75) is 43.4 Å². The monoisotopic (exact) mass is 406 g/mol. The van der Waals surface area contributed by atoms with E-state index in [0.717, 1.165) is 28.7 Å². The molecule has 1 amide bonds. The van der Waals surface area contributed by atoms with Gasteiger partial charge in [0.25, 0.3) is 0 Å². The summed E-state index contributed by atoms with van der Waals surface area (Å²) in [7, 11) is 0. The van der Waals surface area contributed by atoms with Gasteiger partial charge in [0.15, 0.2) is 0 Å². The van der Waals surface area contributed by atoms with Gasteiger partial charge in [-0.15, -0.1) is 23.5 Å². The first kappa shape index (κ1) is 21.8. The van der Waals surface area contributed by atoms with Crippen LogP contribution in [0, 0.1) is 0 Å². The van der Waals surface area contributed by atoms with E-state index >= 15 is 0 Å². The SMILES string of the molecule is C=CC(=O)N1CCN(/C(C)=N/c2c(SC)ccnc2C(C)C)C(C)(SC)C1. The molecule has 0 saturated carbocycles. The molecule has 7 heteroatoms. The van der Waals surface area contributed by atoms with Crippen LogP contribution in [0.2, 0.25) is 0 Å². The molecule has 148 valence electrons. The Bertz CT molecular complexity index is 735. The summed E-state index contributed by atoms with van der Waals surface area (Å²) in [5, 5.41) is 0. The molecule has 27 heavy (non-hydrogen) atoms. The minimum absolute atomic E-state index is 0.0106. The number of hydrogen-bond acceptors (Lipinski definition) is 5. The van der Waals surface area contributed by atoms with Crippen molar-refractivity contribution in [1.29, 1.82) is 0 Å². The Morgan fingerprint density at radius 3 is 2.67 bits per heavy atom. The number of rotatable bonds is 5. The topological polar surface area (TPSA) is 48.8 Å². The second kappa shape index (κ2) is 9.15. The summed E-state index contributed by atoms with van der Waals surface area (Å²) in [5.41, 5.74) is 1.98. The van der Waals surface area contributed by atoms with Crippen LogP contribution in [0.15, 0.2) is 34.8 Å². The Labute approximate surface area is 171 Å². The maximum atomic E-state index is 12.1. The second-order valence-electron chi connectivity index (χ2n) is 7.06. The zero-order chi connectivity index (χ0) is 20.2. The van der Waals surface area contributed by atoms with Crippen molar-refractivity contribution in [2.75, 3.05) is 32.1 Å². The molecule has 1 aliphatic heterocycles. The molecule has 0 radical (unpaired) electrons. The fraction of sp³-hybridized carbons (Fsp3) is 0.550. The minimum Gasteiger partial charge on any atom is -0.342 e. The summed E-state index contributed by atoms with van der Waals surface area (Å²) in [6, 6.07) is 2.02. The molecule has 2 rings (SSSR count). The van der Waals surface area contributed by atoms with E-state index in [0.29, 0.717) is 19.0 Å². The summed E-state index contributed by atoms with van der Waals surface area (Å²) in [4.78, 5) is 26.8. The molecule has 1 aromatic heterocycles. The number of pyridine rings is 1. The molecule has 0 spiro atoms. The summed E-state index contributed by atoms with van der Waals surface area (Å²) < 4.78 is 0.